The first-order valence-corrected chi connectivity index (χ1v) is 11.5. The molecule has 2 aliphatic heterocycles. The standard InChI is InChI=1S/C20H24N2O6S/c1-13-9-15-3-4-16(10-18(15)27-13)19-11-17(21-28-19)12-26-20(23)14-5-7-22(8-6-14)29(2,24)25/h3-4,10-11,13-14H,5-9,12H2,1-2H3. The quantitative estimate of drug-likeness (QED) is 0.685. The predicted molar refractivity (Wildman–Crippen MR) is 105 cm³/mol. The Morgan fingerprint density at radius 3 is 2.76 bits per heavy atom. The zero-order chi connectivity index (χ0) is 20.6. The number of sulfonamides is 1. The Labute approximate surface area is 169 Å². The number of rotatable bonds is 5. The second kappa shape index (κ2) is 7.79. The van der Waals surface area contributed by atoms with E-state index in [1.165, 1.54) is 16.1 Å². The van der Waals surface area contributed by atoms with Crippen LogP contribution in [-0.4, -0.2) is 49.3 Å². The number of benzene rings is 1. The smallest absolute Gasteiger partial charge is 0.309 e. The Balaban J connectivity index is 1.32. The summed E-state index contributed by atoms with van der Waals surface area (Å²) in [6.07, 6.45) is 3.18. The van der Waals surface area contributed by atoms with E-state index in [9.17, 15) is 13.2 Å². The van der Waals surface area contributed by atoms with Crippen LogP contribution in [0.4, 0.5) is 0 Å². The Kier molecular flexibility index (Phi) is 5.35. The number of aromatic nitrogens is 1. The van der Waals surface area contributed by atoms with E-state index in [1.54, 1.807) is 6.07 Å². The number of nitrogens with zero attached hydrogens (tertiary/aromatic N) is 2. The van der Waals surface area contributed by atoms with Crippen LogP contribution in [0.2, 0.25) is 0 Å². The molecule has 0 N–H and O–H groups in total. The molecular weight excluding hydrogens is 396 g/mol. The van der Waals surface area contributed by atoms with Crippen molar-refractivity contribution in [2.75, 3.05) is 19.3 Å². The Hall–Kier alpha value is -2.39. The van der Waals surface area contributed by atoms with Gasteiger partial charge in [0.05, 0.1) is 12.2 Å². The molecule has 0 aliphatic carbocycles. The van der Waals surface area contributed by atoms with Crippen molar-refractivity contribution >= 4 is 16.0 Å². The highest BCUT2D eigenvalue weighted by Crippen LogP contribution is 2.33. The average molecular weight is 420 g/mol. The van der Waals surface area contributed by atoms with Gasteiger partial charge in [0.25, 0.3) is 0 Å². The van der Waals surface area contributed by atoms with E-state index in [0.717, 1.165) is 17.7 Å². The zero-order valence-electron chi connectivity index (χ0n) is 16.5. The number of carbonyl (C=O) groups is 1. The molecule has 156 valence electrons. The van der Waals surface area contributed by atoms with Crippen molar-refractivity contribution < 1.29 is 27.2 Å². The van der Waals surface area contributed by atoms with Crippen LogP contribution < -0.4 is 4.74 Å². The summed E-state index contributed by atoms with van der Waals surface area (Å²) < 4.78 is 41.0. The third-order valence-electron chi connectivity index (χ3n) is 5.36. The van der Waals surface area contributed by atoms with Gasteiger partial charge in [-0.15, -0.1) is 0 Å². The van der Waals surface area contributed by atoms with Gasteiger partial charge in [0, 0.05) is 31.1 Å². The van der Waals surface area contributed by atoms with E-state index in [-0.39, 0.29) is 24.6 Å². The molecule has 0 radical (unpaired) electrons. The van der Waals surface area contributed by atoms with Gasteiger partial charge in [0.15, 0.2) is 5.76 Å². The molecule has 0 saturated carbocycles. The van der Waals surface area contributed by atoms with E-state index in [2.05, 4.69) is 5.16 Å². The number of carbonyl (C=O) groups excluding carboxylic acids is 1. The van der Waals surface area contributed by atoms with Crippen molar-refractivity contribution in [1.82, 2.24) is 9.46 Å². The van der Waals surface area contributed by atoms with E-state index in [0.29, 0.717) is 37.4 Å². The summed E-state index contributed by atoms with van der Waals surface area (Å²) in [7, 11) is -3.21. The highest BCUT2D eigenvalue weighted by molar-refractivity contribution is 7.88. The summed E-state index contributed by atoms with van der Waals surface area (Å²) in [4.78, 5) is 12.3. The minimum atomic E-state index is -3.21. The van der Waals surface area contributed by atoms with Gasteiger partial charge in [0.2, 0.25) is 10.0 Å². The van der Waals surface area contributed by atoms with Crippen molar-refractivity contribution in [1.29, 1.82) is 0 Å². The number of hydrogen-bond donors (Lipinski definition) is 0. The zero-order valence-corrected chi connectivity index (χ0v) is 17.3. The van der Waals surface area contributed by atoms with Crippen LogP contribution in [0.1, 0.15) is 31.0 Å². The maximum atomic E-state index is 12.3. The summed E-state index contributed by atoms with van der Waals surface area (Å²) in [6, 6.07) is 7.68. The molecule has 1 atom stereocenters. The summed E-state index contributed by atoms with van der Waals surface area (Å²) in [5.41, 5.74) is 2.56. The van der Waals surface area contributed by atoms with Crippen molar-refractivity contribution in [2.24, 2.45) is 5.92 Å². The molecule has 1 aromatic heterocycles. The summed E-state index contributed by atoms with van der Waals surface area (Å²) in [5.74, 6) is 0.820. The van der Waals surface area contributed by atoms with Crippen LogP contribution in [0.5, 0.6) is 5.75 Å². The fourth-order valence-electron chi connectivity index (χ4n) is 3.76. The molecule has 8 nitrogen and oxygen atoms in total. The normalized spacial score (nSPS) is 20.3. The molecule has 2 aromatic rings. The van der Waals surface area contributed by atoms with E-state index in [1.807, 2.05) is 25.1 Å². The molecule has 0 amide bonds. The van der Waals surface area contributed by atoms with Gasteiger partial charge in [-0.05, 0) is 31.4 Å². The second-order valence-corrected chi connectivity index (χ2v) is 9.66. The van der Waals surface area contributed by atoms with Crippen LogP contribution >= 0.6 is 0 Å². The number of ether oxygens (including phenoxy) is 2. The molecule has 1 saturated heterocycles. The minimum absolute atomic E-state index is 0.0209. The Morgan fingerprint density at radius 1 is 1.28 bits per heavy atom. The average Bonchev–Trinajstić information content (AvgIpc) is 3.30. The molecule has 9 heteroatoms. The highest BCUT2D eigenvalue weighted by Gasteiger charge is 2.30. The lowest BCUT2D eigenvalue weighted by atomic mass is 9.98. The van der Waals surface area contributed by atoms with E-state index >= 15 is 0 Å². The van der Waals surface area contributed by atoms with Crippen LogP contribution in [0.15, 0.2) is 28.8 Å². The Bertz CT molecular complexity index is 1010. The van der Waals surface area contributed by atoms with Gasteiger partial charge in [-0.1, -0.05) is 17.3 Å². The first-order chi connectivity index (χ1) is 13.8. The lowest BCUT2D eigenvalue weighted by Crippen LogP contribution is -2.40. The third-order valence-corrected chi connectivity index (χ3v) is 6.67. The largest absolute Gasteiger partial charge is 0.490 e. The van der Waals surface area contributed by atoms with Gasteiger partial charge in [0.1, 0.15) is 24.2 Å². The molecule has 2 aliphatic rings. The minimum Gasteiger partial charge on any atom is -0.490 e. The van der Waals surface area contributed by atoms with Gasteiger partial charge in [-0.2, -0.15) is 0 Å². The number of fused-ring (bicyclic) bond motifs is 1. The molecular formula is C20H24N2O6S. The van der Waals surface area contributed by atoms with Gasteiger partial charge in [-0.3, -0.25) is 4.79 Å². The molecule has 1 unspecified atom stereocenters. The SMILES string of the molecule is CC1Cc2ccc(-c3cc(COC(=O)C4CCN(S(C)(=O)=O)CC4)no3)cc2O1. The number of esters is 1. The Morgan fingerprint density at radius 2 is 2.03 bits per heavy atom. The first-order valence-electron chi connectivity index (χ1n) is 9.67. The monoisotopic (exact) mass is 420 g/mol. The molecule has 29 heavy (non-hydrogen) atoms. The van der Waals surface area contributed by atoms with Gasteiger partial charge in [-0.25, -0.2) is 12.7 Å². The first kappa shape index (κ1) is 19.9. The third kappa shape index (κ3) is 4.45. The van der Waals surface area contributed by atoms with Crippen molar-refractivity contribution in [3.05, 3.63) is 35.5 Å². The molecule has 1 aromatic carbocycles. The van der Waals surface area contributed by atoms with Crippen molar-refractivity contribution in [3.63, 3.8) is 0 Å². The van der Waals surface area contributed by atoms with Crippen LogP contribution in [0, 0.1) is 5.92 Å². The fourth-order valence-corrected chi connectivity index (χ4v) is 4.63. The molecule has 1 fully saturated rings. The lowest BCUT2D eigenvalue weighted by Gasteiger charge is -2.28. The molecule has 3 heterocycles. The van der Waals surface area contributed by atoms with Crippen LogP contribution in [0.25, 0.3) is 11.3 Å². The number of hydrogen-bond acceptors (Lipinski definition) is 7. The summed E-state index contributed by atoms with van der Waals surface area (Å²) in [6.45, 7) is 2.73. The van der Waals surface area contributed by atoms with Crippen LogP contribution in [-0.2, 0) is 32.6 Å². The summed E-state index contributed by atoms with van der Waals surface area (Å²) in [5, 5.41) is 3.98. The predicted octanol–water partition coefficient (Wildman–Crippen LogP) is 2.38. The highest BCUT2D eigenvalue weighted by atomic mass is 32.2. The van der Waals surface area contributed by atoms with E-state index in [4.69, 9.17) is 14.0 Å². The molecule has 4 rings (SSSR count). The van der Waals surface area contributed by atoms with Crippen molar-refractivity contribution in [2.45, 2.75) is 38.9 Å². The van der Waals surface area contributed by atoms with Crippen molar-refractivity contribution in [3.8, 4) is 17.1 Å². The summed E-state index contributed by atoms with van der Waals surface area (Å²) >= 11 is 0. The van der Waals surface area contributed by atoms with Crippen LogP contribution in [0.3, 0.4) is 0 Å². The number of piperidine rings is 1. The topological polar surface area (TPSA) is 98.9 Å². The lowest BCUT2D eigenvalue weighted by molar-refractivity contribution is -0.151. The molecule has 0 bridgehead atoms. The second-order valence-electron chi connectivity index (χ2n) is 7.68. The van der Waals surface area contributed by atoms with E-state index < -0.39 is 10.0 Å². The molecule has 0 spiro atoms. The van der Waals surface area contributed by atoms with Gasteiger partial charge < -0.3 is 14.0 Å². The maximum absolute atomic E-state index is 12.3. The maximum Gasteiger partial charge on any atom is 0.309 e. The fraction of sp³-hybridized carbons (Fsp3) is 0.500. The van der Waals surface area contributed by atoms with Gasteiger partial charge >= 0.3 is 5.97 Å².